The summed E-state index contributed by atoms with van der Waals surface area (Å²) < 4.78 is 6.55. The molecule has 0 spiro atoms. The van der Waals surface area contributed by atoms with Crippen molar-refractivity contribution in [2.45, 2.75) is 26.2 Å². The number of hydrogen-bond donors (Lipinski definition) is 0. The predicted octanol–water partition coefficient (Wildman–Crippen LogP) is 2.91. The van der Waals surface area contributed by atoms with Crippen molar-refractivity contribution in [2.24, 2.45) is 0 Å². The molecule has 0 aliphatic carbocycles. The Labute approximate surface area is 97.8 Å². The molecule has 15 heavy (non-hydrogen) atoms. The molecule has 1 aliphatic rings. The smallest absolute Gasteiger partial charge is 0.136 e. The van der Waals surface area contributed by atoms with Crippen LogP contribution < -0.4 is 4.74 Å². The third kappa shape index (κ3) is 2.40. The minimum absolute atomic E-state index is 0.193. The monoisotopic (exact) mass is 268 g/mol. The minimum atomic E-state index is 0.193. The molecule has 1 aromatic carbocycles. The van der Waals surface area contributed by atoms with E-state index in [1.54, 1.807) is 6.92 Å². The number of Topliss-reactive ketones (excluding diaryl/α,β-unsaturated/α-hetero) is 1. The van der Waals surface area contributed by atoms with Gasteiger partial charge in [-0.2, -0.15) is 0 Å². The molecule has 0 amide bonds. The van der Waals surface area contributed by atoms with Crippen molar-refractivity contribution in [2.75, 3.05) is 6.61 Å². The number of ketones is 1. The summed E-state index contributed by atoms with van der Waals surface area (Å²) in [4.78, 5) is 11.0. The first-order chi connectivity index (χ1) is 7.16. The fourth-order valence-electron chi connectivity index (χ4n) is 1.89. The van der Waals surface area contributed by atoms with Crippen LogP contribution in [0.5, 0.6) is 5.75 Å². The molecule has 1 aliphatic heterocycles. The largest absolute Gasteiger partial charge is 0.492 e. The highest BCUT2D eigenvalue weighted by Crippen LogP contribution is 2.34. The Morgan fingerprint density at radius 1 is 1.53 bits per heavy atom. The van der Waals surface area contributed by atoms with Crippen molar-refractivity contribution in [3.8, 4) is 5.75 Å². The number of halogens is 1. The van der Waals surface area contributed by atoms with Crippen molar-refractivity contribution in [3.05, 3.63) is 27.7 Å². The highest BCUT2D eigenvalue weighted by atomic mass is 79.9. The number of fused-ring (bicyclic) bond motifs is 1. The second-order valence-corrected chi connectivity index (χ2v) is 4.75. The molecule has 80 valence electrons. The molecule has 1 aromatic rings. The van der Waals surface area contributed by atoms with Crippen molar-refractivity contribution < 1.29 is 9.53 Å². The zero-order valence-electron chi connectivity index (χ0n) is 8.68. The second-order valence-electron chi connectivity index (χ2n) is 3.90. The van der Waals surface area contributed by atoms with E-state index < -0.39 is 0 Å². The normalized spacial score (nSPS) is 14.3. The lowest BCUT2D eigenvalue weighted by molar-refractivity contribution is -0.116. The second kappa shape index (κ2) is 4.35. The summed E-state index contributed by atoms with van der Waals surface area (Å²) in [5.41, 5.74) is 2.28. The fourth-order valence-corrected chi connectivity index (χ4v) is 2.55. The summed E-state index contributed by atoms with van der Waals surface area (Å²) in [5, 5.41) is 0. The van der Waals surface area contributed by atoms with Crippen molar-refractivity contribution in [3.63, 3.8) is 0 Å². The summed E-state index contributed by atoms with van der Waals surface area (Å²) in [7, 11) is 0. The first-order valence-corrected chi connectivity index (χ1v) is 5.89. The lowest BCUT2D eigenvalue weighted by atomic mass is 10.0. The molecule has 2 nitrogen and oxygen atoms in total. The number of carbonyl (C=O) groups is 1. The quantitative estimate of drug-likeness (QED) is 0.825. The number of aryl methyl sites for hydroxylation is 1. The van der Waals surface area contributed by atoms with Gasteiger partial charge in [0.1, 0.15) is 11.5 Å². The Balaban J connectivity index is 2.36. The van der Waals surface area contributed by atoms with E-state index in [0.29, 0.717) is 6.42 Å². The maximum Gasteiger partial charge on any atom is 0.136 e. The topological polar surface area (TPSA) is 26.3 Å². The minimum Gasteiger partial charge on any atom is -0.492 e. The van der Waals surface area contributed by atoms with Crippen LogP contribution in [-0.4, -0.2) is 12.4 Å². The van der Waals surface area contributed by atoms with Crippen LogP contribution in [0.4, 0.5) is 0 Å². The Kier molecular flexibility index (Phi) is 3.10. The number of rotatable bonds is 2. The fraction of sp³-hybridized carbons (Fsp3) is 0.417. The SMILES string of the molecule is CC(=O)Cc1cc(Br)c2c(c1)CCCO2. The van der Waals surface area contributed by atoms with E-state index in [0.717, 1.165) is 35.2 Å². The van der Waals surface area contributed by atoms with Crippen molar-refractivity contribution >= 4 is 21.7 Å². The Morgan fingerprint density at radius 2 is 2.33 bits per heavy atom. The van der Waals surface area contributed by atoms with E-state index in [2.05, 4.69) is 22.0 Å². The number of hydrogen-bond acceptors (Lipinski definition) is 2. The molecule has 0 saturated heterocycles. The predicted molar refractivity (Wildman–Crippen MR) is 62.3 cm³/mol. The van der Waals surface area contributed by atoms with E-state index >= 15 is 0 Å². The van der Waals surface area contributed by atoms with E-state index in [4.69, 9.17) is 4.74 Å². The molecule has 0 saturated carbocycles. The molecular formula is C12H13BrO2. The highest BCUT2D eigenvalue weighted by molar-refractivity contribution is 9.10. The third-order valence-corrected chi connectivity index (χ3v) is 3.06. The van der Waals surface area contributed by atoms with Crippen LogP contribution >= 0.6 is 15.9 Å². The van der Waals surface area contributed by atoms with Gasteiger partial charge < -0.3 is 4.74 Å². The Morgan fingerprint density at radius 3 is 3.07 bits per heavy atom. The molecule has 0 fully saturated rings. The Hall–Kier alpha value is -0.830. The van der Waals surface area contributed by atoms with Gasteiger partial charge in [-0.3, -0.25) is 4.79 Å². The third-order valence-electron chi connectivity index (χ3n) is 2.47. The van der Waals surface area contributed by atoms with Crippen molar-refractivity contribution in [1.29, 1.82) is 0 Å². The van der Waals surface area contributed by atoms with Gasteiger partial charge in [-0.05, 0) is 52.9 Å². The standard InChI is InChI=1S/C12H13BrO2/c1-8(14)5-9-6-10-3-2-4-15-12(10)11(13)7-9/h6-7H,2-5H2,1H3. The zero-order valence-corrected chi connectivity index (χ0v) is 10.3. The van der Waals surface area contributed by atoms with Gasteiger partial charge in [0, 0.05) is 6.42 Å². The first kappa shape index (κ1) is 10.7. The van der Waals surface area contributed by atoms with Gasteiger partial charge in [0.2, 0.25) is 0 Å². The first-order valence-electron chi connectivity index (χ1n) is 5.10. The van der Waals surface area contributed by atoms with E-state index in [1.165, 1.54) is 5.56 Å². The Bertz CT molecular complexity index is 399. The average Bonchev–Trinajstić information content (AvgIpc) is 2.16. The number of carbonyl (C=O) groups excluding carboxylic acids is 1. The van der Waals surface area contributed by atoms with Gasteiger partial charge in [0.25, 0.3) is 0 Å². The van der Waals surface area contributed by atoms with Crippen LogP contribution in [0.2, 0.25) is 0 Å². The molecule has 0 atom stereocenters. The molecule has 0 bridgehead atoms. The average molecular weight is 269 g/mol. The van der Waals surface area contributed by atoms with Crippen LogP contribution in [0.1, 0.15) is 24.5 Å². The van der Waals surface area contributed by atoms with E-state index in [-0.39, 0.29) is 5.78 Å². The van der Waals surface area contributed by atoms with Crippen LogP contribution in [0.15, 0.2) is 16.6 Å². The summed E-state index contributed by atoms with van der Waals surface area (Å²) >= 11 is 3.49. The molecule has 3 heteroatoms. The number of ether oxygens (including phenoxy) is 1. The van der Waals surface area contributed by atoms with Crippen LogP contribution in [-0.2, 0) is 17.6 Å². The summed E-state index contributed by atoms with van der Waals surface area (Å²) in [6, 6.07) is 4.06. The van der Waals surface area contributed by atoms with Gasteiger partial charge in [-0.25, -0.2) is 0 Å². The van der Waals surface area contributed by atoms with E-state index in [9.17, 15) is 4.79 Å². The van der Waals surface area contributed by atoms with Gasteiger partial charge in [-0.1, -0.05) is 6.07 Å². The van der Waals surface area contributed by atoms with Gasteiger partial charge in [-0.15, -0.1) is 0 Å². The van der Waals surface area contributed by atoms with Crippen molar-refractivity contribution in [1.82, 2.24) is 0 Å². The molecule has 0 radical (unpaired) electrons. The molecule has 0 unspecified atom stereocenters. The van der Waals surface area contributed by atoms with E-state index in [1.807, 2.05) is 6.07 Å². The summed E-state index contributed by atoms with van der Waals surface area (Å²) in [6.07, 6.45) is 2.61. The maximum atomic E-state index is 11.0. The molecule has 1 heterocycles. The zero-order chi connectivity index (χ0) is 10.8. The maximum absolute atomic E-state index is 11.0. The van der Waals surface area contributed by atoms with Gasteiger partial charge in [0.05, 0.1) is 11.1 Å². The summed E-state index contributed by atoms with van der Waals surface area (Å²) in [5.74, 6) is 1.15. The molecule has 2 rings (SSSR count). The van der Waals surface area contributed by atoms with Gasteiger partial charge in [0.15, 0.2) is 0 Å². The summed E-state index contributed by atoms with van der Waals surface area (Å²) in [6.45, 7) is 2.40. The van der Waals surface area contributed by atoms with Crippen LogP contribution in [0, 0.1) is 0 Å². The molecule has 0 aromatic heterocycles. The van der Waals surface area contributed by atoms with Crippen LogP contribution in [0.3, 0.4) is 0 Å². The molecule has 0 N–H and O–H groups in total. The lowest BCUT2D eigenvalue weighted by Gasteiger charge is -2.19. The number of benzene rings is 1. The lowest BCUT2D eigenvalue weighted by Crippen LogP contribution is -2.10. The van der Waals surface area contributed by atoms with Crippen LogP contribution in [0.25, 0.3) is 0 Å². The van der Waals surface area contributed by atoms with Gasteiger partial charge >= 0.3 is 0 Å². The molecular weight excluding hydrogens is 256 g/mol. The highest BCUT2D eigenvalue weighted by Gasteiger charge is 2.15.